The molecule has 1 fully saturated rings. The van der Waals surface area contributed by atoms with Gasteiger partial charge in [-0.2, -0.15) is 0 Å². The second-order valence-electron chi connectivity index (χ2n) is 6.73. The molecule has 1 aliphatic heterocycles. The number of carbonyl (C=O) groups excluding carboxylic acids is 2. The number of Topliss-reactive ketones (excluding diaryl/α,β-unsaturated/α-hetero) is 1. The second kappa shape index (κ2) is 8.39. The minimum atomic E-state index is -0.575. The fraction of sp³-hybridized carbons (Fsp3) is 0.429. The molecule has 0 amide bonds. The number of aryl methyl sites for hydroxylation is 1. The van der Waals surface area contributed by atoms with Gasteiger partial charge >= 0.3 is 5.97 Å². The molecule has 1 aromatic carbocycles. The fourth-order valence-electron chi connectivity index (χ4n) is 3.46. The van der Waals surface area contributed by atoms with E-state index >= 15 is 0 Å². The molecule has 27 heavy (non-hydrogen) atoms. The molecule has 0 bridgehead atoms. The highest BCUT2D eigenvalue weighted by Crippen LogP contribution is 2.22. The average Bonchev–Trinajstić information content (AvgIpc) is 3.29. The lowest BCUT2D eigenvalue weighted by Gasteiger charge is -2.14. The Morgan fingerprint density at radius 3 is 2.70 bits per heavy atom. The van der Waals surface area contributed by atoms with Crippen LogP contribution in [0.2, 0.25) is 0 Å². The predicted molar refractivity (Wildman–Crippen MR) is 100 cm³/mol. The molecule has 0 unspecified atom stereocenters. The Bertz CT molecular complexity index is 833. The van der Waals surface area contributed by atoms with Gasteiger partial charge < -0.3 is 18.8 Å². The van der Waals surface area contributed by atoms with Crippen LogP contribution in [0.4, 0.5) is 0 Å². The van der Waals surface area contributed by atoms with E-state index in [0.29, 0.717) is 16.9 Å². The van der Waals surface area contributed by atoms with Gasteiger partial charge in [0.2, 0.25) is 5.78 Å². The van der Waals surface area contributed by atoms with E-state index in [-0.39, 0.29) is 18.5 Å². The number of esters is 1. The van der Waals surface area contributed by atoms with Crippen molar-refractivity contribution in [2.24, 2.45) is 0 Å². The molecular formula is C21H25NO5. The van der Waals surface area contributed by atoms with Crippen LogP contribution in [-0.2, 0) is 16.0 Å². The lowest BCUT2D eigenvalue weighted by Crippen LogP contribution is -2.18. The largest absolute Gasteiger partial charge is 0.496 e. The SMILES string of the molecule is COc1ccccc1C(=O)OCC(=O)c1cc(C)n(C[C@H]2CCCO2)c1C. The van der Waals surface area contributed by atoms with Gasteiger partial charge in [-0.25, -0.2) is 4.79 Å². The van der Waals surface area contributed by atoms with E-state index < -0.39 is 5.97 Å². The van der Waals surface area contributed by atoms with Crippen LogP contribution in [0, 0.1) is 13.8 Å². The van der Waals surface area contributed by atoms with Gasteiger partial charge in [-0.05, 0) is 44.9 Å². The van der Waals surface area contributed by atoms with E-state index in [1.54, 1.807) is 24.3 Å². The third kappa shape index (κ3) is 4.22. The average molecular weight is 371 g/mol. The number of carbonyl (C=O) groups is 2. The number of ether oxygens (including phenoxy) is 3. The van der Waals surface area contributed by atoms with Crippen molar-refractivity contribution in [2.45, 2.75) is 39.3 Å². The van der Waals surface area contributed by atoms with E-state index in [2.05, 4.69) is 4.57 Å². The zero-order chi connectivity index (χ0) is 19.4. The van der Waals surface area contributed by atoms with Crippen molar-refractivity contribution >= 4 is 11.8 Å². The molecule has 0 aliphatic carbocycles. The quantitative estimate of drug-likeness (QED) is 0.552. The van der Waals surface area contributed by atoms with Gasteiger partial charge in [0.25, 0.3) is 0 Å². The van der Waals surface area contributed by atoms with Crippen LogP contribution < -0.4 is 4.74 Å². The number of hydrogen-bond donors (Lipinski definition) is 0. The third-order valence-corrected chi connectivity index (χ3v) is 4.95. The summed E-state index contributed by atoms with van der Waals surface area (Å²) in [5, 5.41) is 0. The van der Waals surface area contributed by atoms with Crippen molar-refractivity contribution in [3.63, 3.8) is 0 Å². The van der Waals surface area contributed by atoms with Crippen LogP contribution in [0.25, 0.3) is 0 Å². The predicted octanol–water partition coefficient (Wildman–Crippen LogP) is 3.33. The summed E-state index contributed by atoms with van der Waals surface area (Å²) in [5.74, 6) is -0.372. The standard InChI is InChI=1S/C21H25NO5/c1-14-11-18(15(2)22(14)12-16-7-6-10-26-16)19(23)13-27-21(24)17-8-4-5-9-20(17)25-3/h4-5,8-9,11,16H,6-7,10,12-13H2,1-3H3/t16-/m1/s1. The Labute approximate surface area is 159 Å². The van der Waals surface area contributed by atoms with Crippen molar-refractivity contribution in [2.75, 3.05) is 20.3 Å². The van der Waals surface area contributed by atoms with Gasteiger partial charge in [0.05, 0.1) is 13.2 Å². The first-order valence-corrected chi connectivity index (χ1v) is 9.13. The summed E-state index contributed by atoms with van der Waals surface area (Å²) in [6, 6.07) is 8.63. The van der Waals surface area contributed by atoms with Crippen molar-refractivity contribution < 1.29 is 23.8 Å². The van der Waals surface area contributed by atoms with Crippen LogP contribution in [0.15, 0.2) is 30.3 Å². The number of methoxy groups -OCH3 is 1. The molecule has 2 heterocycles. The number of nitrogens with zero attached hydrogens (tertiary/aromatic N) is 1. The van der Waals surface area contributed by atoms with Gasteiger partial charge in [-0.1, -0.05) is 12.1 Å². The molecule has 0 radical (unpaired) electrons. The number of ketones is 1. The monoisotopic (exact) mass is 371 g/mol. The van der Waals surface area contributed by atoms with Gasteiger partial charge in [0.1, 0.15) is 11.3 Å². The van der Waals surface area contributed by atoms with E-state index in [1.807, 2.05) is 19.9 Å². The fourth-order valence-corrected chi connectivity index (χ4v) is 3.46. The zero-order valence-electron chi connectivity index (χ0n) is 16.0. The molecule has 1 saturated heterocycles. The molecule has 6 heteroatoms. The Morgan fingerprint density at radius 1 is 1.22 bits per heavy atom. The summed E-state index contributed by atoms with van der Waals surface area (Å²) in [7, 11) is 1.49. The van der Waals surface area contributed by atoms with E-state index in [9.17, 15) is 9.59 Å². The second-order valence-corrected chi connectivity index (χ2v) is 6.73. The molecule has 1 aromatic heterocycles. The van der Waals surface area contributed by atoms with E-state index in [1.165, 1.54) is 7.11 Å². The van der Waals surface area contributed by atoms with E-state index in [0.717, 1.165) is 37.4 Å². The van der Waals surface area contributed by atoms with E-state index in [4.69, 9.17) is 14.2 Å². The van der Waals surface area contributed by atoms with Crippen LogP contribution in [0.5, 0.6) is 5.75 Å². The van der Waals surface area contributed by atoms with Crippen molar-refractivity contribution in [1.29, 1.82) is 0 Å². The first kappa shape index (κ1) is 19.2. The van der Waals surface area contributed by atoms with Gasteiger partial charge in [-0.15, -0.1) is 0 Å². The molecular weight excluding hydrogens is 346 g/mol. The molecule has 0 spiro atoms. The van der Waals surface area contributed by atoms with Crippen LogP contribution in [0.1, 0.15) is 44.9 Å². The third-order valence-electron chi connectivity index (χ3n) is 4.95. The van der Waals surface area contributed by atoms with Crippen LogP contribution >= 0.6 is 0 Å². The Balaban J connectivity index is 1.66. The number of rotatable bonds is 7. The minimum absolute atomic E-state index is 0.195. The highest BCUT2D eigenvalue weighted by molar-refractivity contribution is 6.01. The Hall–Kier alpha value is -2.60. The first-order valence-electron chi connectivity index (χ1n) is 9.13. The van der Waals surface area contributed by atoms with Crippen LogP contribution in [0.3, 0.4) is 0 Å². The number of aromatic nitrogens is 1. The van der Waals surface area contributed by atoms with Crippen LogP contribution in [-0.4, -0.2) is 42.7 Å². The maximum Gasteiger partial charge on any atom is 0.342 e. The molecule has 6 nitrogen and oxygen atoms in total. The molecule has 144 valence electrons. The van der Waals surface area contributed by atoms with Crippen molar-refractivity contribution in [3.05, 3.63) is 52.8 Å². The smallest absolute Gasteiger partial charge is 0.342 e. The van der Waals surface area contributed by atoms with Crippen molar-refractivity contribution in [3.8, 4) is 5.75 Å². The summed E-state index contributed by atoms with van der Waals surface area (Å²) in [4.78, 5) is 24.9. The summed E-state index contributed by atoms with van der Waals surface area (Å²) in [6.45, 7) is 5.12. The topological polar surface area (TPSA) is 66.8 Å². The normalized spacial score (nSPS) is 16.3. The zero-order valence-corrected chi connectivity index (χ0v) is 16.0. The molecule has 1 aliphatic rings. The maximum atomic E-state index is 12.6. The minimum Gasteiger partial charge on any atom is -0.496 e. The first-order chi connectivity index (χ1) is 13.0. The number of hydrogen-bond acceptors (Lipinski definition) is 5. The molecule has 0 N–H and O–H groups in total. The van der Waals surface area contributed by atoms with Gasteiger partial charge in [-0.3, -0.25) is 4.79 Å². The maximum absolute atomic E-state index is 12.6. The summed E-state index contributed by atoms with van der Waals surface area (Å²) in [5.41, 5.74) is 2.76. The summed E-state index contributed by atoms with van der Waals surface area (Å²) < 4.78 is 18.2. The number of para-hydroxylation sites is 1. The lowest BCUT2D eigenvalue weighted by atomic mass is 10.1. The molecule has 3 rings (SSSR count). The lowest BCUT2D eigenvalue weighted by molar-refractivity contribution is 0.0471. The summed E-state index contributed by atoms with van der Waals surface area (Å²) >= 11 is 0. The summed E-state index contributed by atoms with van der Waals surface area (Å²) in [6.07, 6.45) is 2.31. The Kier molecular flexibility index (Phi) is 5.96. The highest BCUT2D eigenvalue weighted by atomic mass is 16.5. The van der Waals surface area contributed by atoms with Crippen molar-refractivity contribution in [1.82, 2.24) is 4.57 Å². The Morgan fingerprint density at radius 2 is 2.00 bits per heavy atom. The molecule has 2 aromatic rings. The molecule has 1 atom stereocenters. The number of benzene rings is 1. The van der Waals surface area contributed by atoms with Gasteiger partial charge in [0.15, 0.2) is 6.61 Å². The van der Waals surface area contributed by atoms with Gasteiger partial charge in [0, 0.05) is 30.1 Å². The molecule has 0 saturated carbocycles. The highest BCUT2D eigenvalue weighted by Gasteiger charge is 2.22.